The first-order valence-corrected chi connectivity index (χ1v) is 6.65. The second kappa shape index (κ2) is 6.73. The molecule has 0 saturated heterocycles. The first kappa shape index (κ1) is 12.4. The SMILES string of the molecule is CCCCCCCOCC1(CS)CC1. The fourth-order valence-electron chi connectivity index (χ4n) is 1.62. The van der Waals surface area contributed by atoms with Crippen molar-refractivity contribution in [1.82, 2.24) is 0 Å². The highest BCUT2D eigenvalue weighted by atomic mass is 32.1. The third-order valence-corrected chi connectivity index (χ3v) is 3.76. The van der Waals surface area contributed by atoms with E-state index in [1.165, 1.54) is 44.9 Å². The summed E-state index contributed by atoms with van der Waals surface area (Å²) in [4.78, 5) is 0. The predicted molar refractivity (Wildman–Crippen MR) is 65.1 cm³/mol. The van der Waals surface area contributed by atoms with E-state index < -0.39 is 0 Å². The Morgan fingerprint density at radius 1 is 1.14 bits per heavy atom. The van der Waals surface area contributed by atoms with Crippen molar-refractivity contribution in [3.05, 3.63) is 0 Å². The second-order valence-corrected chi connectivity index (χ2v) is 4.94. The molecule has 0 aromatic rings. The molecule has 0 aromatic carbocycles. The summed E-state index contributed by atoms with van der Waals surface area (Å²) in [6.07, 6.45) is 9.30. The fourth-order valence-corrected chi connectivity index (χ4v) is 2.03. The number of unbranched alkanes of at least 4 members (excludes halogenated alkanes) is 4. The van der Waals surface area contributed by atoms with E-state index in [9.17, 15) is 0 Å². The van der Waals surface area contributed by atoms with Crippen molar-refractivity contribution >= 4 is 12.6 Å². The summed E-state index contributed by atoms with van der Waals surface area (Å²) in [6.45, 7) is 4.16. The highest BCUT2D eigenvalue weighted by Gasteiger charge is 2.41. The molecule has 1 rings (SSSR count). The van der Waals surface area contributed by atoms with E-state index in [0.717, 1.165) is 19.0 Å². The normalized spacial score (nSPS) is 18.4. The van der Waals surface area contributed by atoms with Gasteiger partial charge in [0.1, 0.15) is 0 Å². The molecule has 1 nitrogen and oxygen atoms in total. The van der Waals surface area contributed by atoms with Crippen LogP contribution in [0.25, 0.3) is 0 Å². The fraction of sp³-hybridized carbons (Fsp3) is 1.00. The quantitative estimate of drug-likeness (QED) is 0.457. The van der Waals surface area contributed by atoms with E-state index >= 15 is 0 Å². The molecule has 2 heteroatoms. The number of hydrogen-bond donors (Lipinski definition) is 1. The molecule has 0 aromatic heterocycles. The topological polar surface area (TPSA) is 9.23 Å². The Kier molecular flexibility index (Phi) is 5.95. The molecule has 14 heavy (non-hydrogen) atoms. The molecule has 1 aliphatic carbocycles. The van der Waals surface area contributed by atoms with Crippen LogP contribution in [0.2, 0.25) is 0 Å². The van der Waals surface area contributed by atoms with Crippen molar-refractivity contribution in [2.45, 2.75) is 51.9 Å². The zero-order valence-corrected chi connectivity index (χ0v) is 10.3. The van der Waals surface area contributed by atoms with Crippen molar-refractivity contribution in [2.75, 3.05) is 19.0 Å². The average molecular weight is 216 g/mol. The lowest BCUT2D eigenvalue weighted by Gasteiger charge is -2.11. The lowest BCUT2D eigenvalue weighted by Crippen LogP contribution is -2.12. The summed E-state index contributed by atoms with van der Waals surface area (Å²) in [6, 6.07) is 0. The molecule has 0 aliphatic heterocycles. The first-order valence-electron chi connectivity index (χ1n) is 6.01. The molecule has 0 unspecified atom stereocenters. The van der Waals surface area contributed by atoms with Gasteiger partial charge in [0.05, 0.1) is 6.61 Å². The van der Waals surface area contributed by atoms with Crippen LogP contribution < -0.4 is 0 Å². The molecule has 1 saturated carbocycles. The highest BCUT2D eigenvalue weighted by Crippen LogP contribution is 2.46. The van der Waals surface area contributed by atoms with E-state index in [0.29, 0.717) is 5.41 Å². The van der Waals surface area contributed by atoms with Gasteiger partial charge < -0.3 is 4.74 Å². The maximum absolute atomic E-state index is 5.68. The van der Waals surface area contributed by atoms with Gasteiger partial charge in [-0.05, 0) is 25.0 Å². The minimum absolute atomic E-state index is 0.479. The molecule has 1 aliphatic rings. The molecule has 1 fully saturated rings. The zero-order valence-electron chi connectivity index (χ0n) is 9.43. The molecular formula is C12H24OS. The molecule has 0 spiro atoms. The van der Waals surface area contributed by atoms with Gasteiger partial charge >= 0.3 is 0 Å². The summed E-state index contributed by atoms with van der Waals surface area (Å²) in [7, 11) is 0. The Balaban J connectivity index is 1.80. The number of ether oxygens (including phenoxy) is 1. The molecular weight excluding hydrogens is 192 g/mol. The number of hydrogen-bond acceptors (Lipinski definition) is 2. The van der Waals surface area contributed by atoms with Crippen molar-refractivity contribution in [3.8, 4) is 0 Å². The Hall–Kier alpha value is 0.310. The van der Waals surface area contributed by atoms with E-state index in [1.807, 2.05) is 0 Å². The van der Waals surface area contributed by atoms with Crippen molar-refractivity contribution in [2.24, 2.45) is 5.41 Å². The summed E-state index contributed by atoms with van der Waals surface area (Å²) >= 11 is 4.35. The van der Waals surface area contributed by atoms with Gasteiger partial charge in [-0.25, -0.2) is 0 Å². The van der Waals surface area contributed by atoms with Gasteiger partial charge in [0.2, 0.25) is 0 Å². The largest absolute Gasteiger partial charge is 0.381 e. The lowest BCUT2D eigenvalue weighted by atomic mass is 10.1. The molecule has 0 amide bonds. The Morgan fingerprint density at radius 3 is 2.43 bits per heavy atom. The van der Waals surface area contributed by atoms with Gasteiger partial charge in [-0.2, -0.15) is 12.6 Å². The second-order valence-electron chi connectivity index (χ2n) is 4.62. The lowest BCUT2D eigenvalue weighted by molar-refractivity contribution is 0.0949. The van der Waals surface area contributed by atoms with Crippen LogP contribution in [0.4, 0.5) is 0 Å². The highest BCUT2D eigenvalue weighted by molar-refractivity contribution is 7.80. The van der Waals surface area contributed by atoms with Gasteiger partial charge in [0.25, 0.3) is 0 Å². The number of rotatable bonds is 9. The van der Waals surface area contributed by atoms with Gasteiger partial charge in [-0.15, -0.1) is 0 Å². The minimum Gasteiger partial charge on any atom is -0.381 e. The standard InChI is InChI=1S/C12H24OS/c1-2-3-4-5-6-9-13-10-12(11-14)7-8-12/h14H,2-11H2,1H3. The minimum atomic E-state index is 0.479. The Labute approximate surface area is 94.0 Å². The maximum Gasteiger partial charge on any atom is 0.0530 e. The predicted octanol–water partition coefficient (Wildman–Crippen LogP) is 3.68. The molecule has 0 N–H and O–H groups in total. The van der Waals surface area contributed by atoms with Crippen molar-refractivity contribution < 1.29 is 4.74 Å². The smallest absolute Gasteiger partial charge is 0.0530 e. The van der Waals surface area contributed by atoms with E-state index in [-0.39, 0.29) is 0 Å². The third kappa shape index (κ3) is 4.70. The van der Waals surface area contributed by atoms with Crippen LogP contribution in [0.3, 0.4) is 0 Å². The summed E-state index contributed by atoms with van der Waals surface area (Å²) in [5.41, 5.74) is 0.479. The van der Waals surface area contributed by atoms with E-state index in [2.05, 4.69) is 19.6 Å². The van der Waals surface area contributed by atoms with Crippen LogP contribution in [0.1, 0.15) is 51.9 Å². The summed E-state index contributed by atoms with van der Waals surface area (Å²) in [5, 5.41) is 0. The van der Waals surface area contributed by atoms with Gasteiger partial charge in [-0.1, -0.05) is 32.6 Å². The van der Waals surface area contributed by atoms with Gasteiger partial charge in [0.15, 0.2) is 0 Å². The summed E-state index contributed by atoms with van der Waals surface area (Å²) < 4.78 is 5.68. The molecule has 84 valence electrons. The van der Waals surface area contributed by atoms with Crippen LogP contribution in [0, 0.1) is 5.41 Å². The van der Waals surface area contributed by atoms with Crippen LogP contribution in [-0.4, -0.2) is 19.0 Å². The molecule has 0 radical (unpaired) electrons. The monoisotopic (exact) mass is 216 g/mol. The van der Waals surface area contributed by atoms with Crippen LogP contribution in [0.5, 0.6) is 0 Å². The maximum atomic E-state index is 5.68. The molecule has 0 bridgehead atoms. The van der Waals surface area contributed by atoms with Crippen LogP contribution >= 0.6 is 12.6 Å². The zero-order chi connectivity index (χ0) is 10.3. The Bertz CT molecular complexity index is 143. The summed E-state index contributed by atoms with van der Waals surface area (Å²) in [5.74, 6) is 1.00. The third-order valence-electron chi connectivity index (χ3n) is 3.09. The van der Waals surface area contributed by atoms with E-state index in [4.69, 9.17) is 4.74 Å². The number of thiol groups is 1. The van der Waals surface area contributed by atoms with E-state index in [1.54, 1.807) is 0 Å². The first-order chi connectivity index (χ1) is 6.83. The molecule has 0 heterocycles. The van der Waals surface area contributed by atoms with Crippen LogP contribution in [-0.2, 0) is 4.74 Å². The molecule has 0 atom stereocenters. The van der Waals surface area contributed by atoms with Crippen molar-refractivity contribution in [3.63, 3.8) is 0 Å². The van der Waals surface area contributed by atoms with Gasteiger partial charge in [0, 0.05) is 12.0 Å². The van der Waals surface area contributed by atoms with Crippen LogP contribution in [0.15, 0.2) is 0 Å². The Morgan fingerprint density at radius 2 is 1.86 bits per heavy atom. The van der Waals surface area contributed by atoms with Crippen molar-refractivity contribution in [1.29, 1.82) is 0 Å². The average Bonchev–Trinajstić information content (AvgIpc) is 2.98. The van der Waals surface area contributed by atoms with Gasteiger partial charge in [-0.3, -0.25) is 0 Å².